The molecular formula is C14H15N3O2. The van der Waals surface area contributed by atoms with Crippen LogP contribution >= 0.6 is 0 Å². The van der Waals surface area contributed by atoms with Gasteiger partial charge in [0, 0.05) is 30.0 Å². The molecule has 1 N–H and O–H groups in total. The minimum Gasteiger partial charge on any atom is -0.497 e. The smallest absolute Gasteiger partial charge is 0.124 e. The second kappa shape index (κ2) is 4.68. The van der Waals surface area contributed by atoms with Gasteiger partial charge in [-0.15, -0.1) is 0 Å². The molecule has 0 spiro atoms. The Bertz CT molecular complexity index is 609. The lowest BCUT2D eigenvalue weighted by Gasteiger charge is -2.15. The van der Waals surface area contributed by atoms with Gasteiger partial charge in [-0.05, 0) is 6.07 Å². The molecule has 0 unspecified atom stereocenters. The van der Waals surface area contributed by atoms with E-state index in [1.165, 1.54) is 5.56 Å². The zero-order valence-electron chi connectivity index (χ0n) is 10.9. The minimum atomic E-state index is 0.705. The summed E-state index contributed by atoms with van der Waals surface area (Å²) in [5, 5.41) is 3.17. The van der Waals surface area contributed by atoms with Crippen molar-refractivity contribution in [3.05, 3.63) is 36.0 Å². The Kier molecular flexibility index (Phi) is 2.87. The maximum absolute atomic E-state index is 5.30. The van der Waals surface area contributed by atoms with E-state index in [1.54, 1.807) is 20.6 Å². The van der Waals surface area contributed by atoms with E-state index in [2.05, 4.69) is 20.9 Å². The summed E-state index contributed by atoms with van der Waals surface area (Å²) in [5.74, 6) is 2.56. The molecule has 0 saturated heterocycles. The van der Waals surface area contributed by atoms with Gasteiger partial charge >= 0.3 is 0 Å². The lowest BCUT2D eigenvalue weighted by Crippen LogP contribution is -2.08. The van der Waals surface area contributed by atoms with Gasteiger partial charge in [-0.1, -0.05) is 0 Å². The third-order valence-corrected chi connectivity index (χ3v) is 3.14. The maximum Gasteiger partial charge on any atom is 0.124 e. The molecule has 0 fully saturated rings. The zero-order valence-corrected chi connectivity index (χ0v) is 10.9. The van der Waals surface area contributed by atoms with Crippen molar-refractivity contribution in [2.45, 2.75) is 6.54 Å². The standard InChI is InChI=1S/C14H15N3O2/c1-18-12-5-11(6-13(7-12)19-2)17-4-3-10-8-15-9-16-14(10)17/h3-7,9H,8H2,1-2H3,(H,15,16). The molecule has 5 heteroatoms. The van der Waals surface area contributed by atoms with Crippen LogP contribution in [0, 0.1) is 0 Å². The van der Waals surface area contributed by atoms with Gasteiger partial charge in [0.2, 0.25) is 0 Å². The number of rotatable bonds is 3. The molecule has 2 aromatic rings. The first kappa shape index (κ1) is 11.6. The van der Waals surface area contributed by atoms with Crippen molar-refractivity contribution >= 4 is 12.2 Å². The van der Waals surface area contributed by atoms with E-state index in [9.17, 15) is 0 Å². The third kappa shape index (κ3) is 2.03. The summed E-state index contributed by atoms with van der Waals surface area (Å²) in [4.78, 5) is 4.19. The first-order valence-electron chi connectivity index (χ1n) is 6.00. The summed E-state index contributed by atoms with van der Waals surface area (Å²) in [5.41, 5.74) is 2.16. The van der Waals surface area contributed by atoms with Crippen LogP contribution in [-0.4, -0.2) is 25.1 Å². The number of aliphatic imine (C=N–C) groups is 1. The molecular weight excluding hydrogens is 242 g/mol. The molecule has 3 rings (SSSR count). The van der Waals surface area contributed by atoms with Crippen LogP contribution < -0.4 is 14.8 Å². The number of nitrogens with one attached hydrogen (secondary N) is 1. The largest absolute Gasteiger partial charge is 0.497 e. The summed E-state index contributed by atoms with van der Waals surface area (Å²) < 4.78 is 12.7. The van der Waals surface area contributed by atoms with Crippen LogP contribution in [0.5, 0.6) is 11.5 Å². The predicted molar refractivity (Wildman–Crippen MR) is 74.7 cm³/mol. The van der Waals surface area contributed by atoms with Gasteiger partial charge in [0.05, 0.1) is 32.8 Å². The van der Waals surface area contributed by atoms with E-state index < -0.39 is 0 Å². The Labute approximate surface area is 111 Å². The Morgan fingerprint density at radius 3 is 2.58 bits per heavy atom. The highest BCUT2D eigenvalue weighted by molar-refractivity contribution is 5.79. The molecule has 0 amide bonds. The molecule has 1 aromatic heterocycles. The number of hydrogen-bond donors (Lipinski definition) is 1. The Morgan fingerprint density at radius 1 is 1.16 bits per heavy atom. The van der Waals surface area contributed by atoms with Gasteiger partial charge in [-0.3, -0.25) is 4.99 Å². The molecule has 0 aliphatic carbocycles. The number of aromatic nitrogens is 1. The number of methoxy groups -OCH3 is 2. The summed E-state index contributed by atoms with van der Waals surface area (Å²) in [6.07, 6.45) is 3.73. The summed E-state index contributed by atoms with van der Waals surface area (Å²) in [6, 6.07) is 7.85. The first-order valence-corrected chi connectivity index (χ1v) is 6.00. The van der Waals surface area contributed by atoms with Gasteiger partial charge in [0.15, 0.2) is 0 Å². The fraction of sp³-hybridized carbons (Fsp3) is 0.214. The maximum atomic E-state index is 5.30. The normalized spacial score (nSPS) is 12.7. The molecule has 0 saturated carbocycles. The first-order chi connectivity index (χ1) is 9.31. The summed E-state index contributed by atoms with van der Waals surface area (Å²) in [7, 11) is 3.29. The van der Waals surface area contributed by atoms with Crippen LogP contribution in [0.1, 0.15) is 5.56 Å². The second-order valence-corrected chi connectivity index (χ2v) is 4.24. The molecule has 1 aliphatic rings. The fourth-order valence-electron chi connectivity index (χ4n) is 2.16. The lowest BCUT2D eigenvalue weighted by atomic mass is 10.2. The molecule has 2 heterocycles. The van der Waals surface area contributed by atoms with Gasteiger partial charge in [-0.25, -0.2) is 0 Å². The molecule has 1 aromatic carbocycles. The van der Waals surface area contributed by atoms with Gasteiger partial charge in [0.1, 0.15) is 17.3 Å². The van der Waals surface area contributed by atoms with Crippen molar-refractivity contribution in [1.82, 2.24) is 4.57 Å². The van der Waals surface area contributed by atoms with E-state index in [0.717, 1.165) is 23.0 Å². The lowest BCUT2D eigenvalue weighted by molar-refractivity contribution is 0.394. The Morgan fingerprint density at radius 2 is 1.89 bits per heavy atom. The molecule has 1 aliphatic heterocycles. The monoisotopic (exact) mass is 257 g/mol. The zero-order chi connectivity index (χ0) is 13.2. The van der Waals surface area contributed by atoms with Crippen LogP contribution in [-0.2, 0) is 6.54 Å². The van der Waals surface area contributed by atoms with Crippen LogP contribution in [0.25, 0.3) is 5.69 Å². The average Bonchev–Trinajstić information content (AvgIpc) is 2.90. The molecule has 0 atom stereocenters. The molecule has 19 heavy (non-hydrogen) atoms. The summed E-state index contributed by atoms with van der Waals surface area (Å²) >= 11 is 0. The van der Waals surface area contributed by atoms with Crippen LogP contribution in [0.2, 0.25) is 0 Å². The van der Waals surface area contributed by atoms with Crippen LogP contribution in [0.4, 0.5) is 5.82 Å². The van der Waals surface area contributed by atoms with Gasteiger partial charge in [-0.2, -0.15) is 0 Å². The predicted octanol–water partition coefficient (Wildman–Crippen LogP) is 2.45. The minimum absolute atomic E-state index is 0.705. The molecule has 0 radical (unpaired) electrons. The number of hydrogen-bond acceptors (Lipinski definition) is 4. The Hall–Kier alpha value is -2.43. The second-order valence-electron chi connectivity index (χ2n) is 4.24. The van der Waals surface area contributed by atoms with Crippen LogP contribution in [0.15, 0.2) is 35.5 Å². The fourth-order valence-corrected chi connectivity index (χ4v) is 2.16. The number of nitrogens with zero attached hydrogens (tertiary/aromatic N) is 2. The highest BCUT2D eigenvalue weighted by atomic mass is 16.5. The highest BCUT2D eigenvalue weighted by Crippen LogP contribution is 2.30. The van der Waals surface area contributed by atoms with Crippen molar-refractivity contribution in [3.63, 3.8) is 0 Å². The third-order valence-electron chi connectivity index (χ3n) is 3.14. The molecule has 0 bridgehead atoms. The van der Waals surface area contributed by atoms with Crippen molar-refractivity contribution in [1.29, 1.82) is 0 Å². The number of anilines is 1. The van der Waals surface area contributed by atoms with E-state index in [4.69, 9.17) is 9.47 Å². The van der Waals surface area contributed by atoms with Crippen molar-refractivity contribution in [3.8, 4) is 17.2 Å². The number of fused-ring (bicyclic) bond motifs is 1. The van der Waals surface area contributed by atoms with Crippen molar-refractivity contribution < 1.29 is 9.47 Å². The van der Waals surface area contributed by atoms with Crippen molar-refractivity contribution in [2.75, 3.05) is 19.5 Å². The highest BCUT2D eigenvalue weighted by Gasteiger charge is 2.13. The molecule has 98 valence electrons. The average molecular weight is 257 g/mol. The SMILES string of the molecule is COc1cc(OC)cc(-n2ccc3c2NC=NC3)c1. The van der Waals surface area contributed by atoms with Crippen molar-refractivity contribution in [2.24, 2.45) is 4.99 Å². The Balaban J connectivity index is 2.09. The van der Waals surface area contributed by atoms with E-state index >= 15 is 0 Å². The number of ether oxygens (including phenoxy) is 2. The van der Waals surface area contributed by atoms with Gasteiger partial charge in [0.25, 0.3) is 0 Å². The topological polar surface area (TPSA) is 47.8 Å². The summed E-state index contributed by atoms with van der Waals surface area (Å²) in [6.45, 7) is 0.705. The molecule has 5 nitrogen and oxygen atoms in total. The quantitative estimate of drug-likeness (QED) is 0.918. The van der Waals surface area contributed by atoms with E-state index in [0.29, 0.717) is 6.54 Å². The van der Waals surface area contributed by atoms with E-state index in [1.807, 2.05) is 24.4 Å². The number of benzene rings is 1. The van der Waals surface area contributed by atoms with E-state index in [-0.39, 0.29) is 0 Å². The van der Waals surface area contributed by atoms with Crippen LogP contribution in [0.3, 0.4) is 0 Å². The van der Waals surface area contributed by atoms with Gasteiger partial charge < -0.3 is 19.4 Å².